The molecule has 0 amide bonds. The van der Waals surface area contributed by atoms with Crippen LogP contribution in [0, 0.1) is 11.6 Å². The monoisotopic (exact) mass is 362 g/mol. The lowest BCUT2D eigenvalue weighted by atomic mass is 10.2. The number of rotatable bonds is 4. The number of benzene rings is 2. The summed E-state index contributed by atoms with van der Waals surface area (Å²) in [6.07, 6.45) is 0. The van der Waals surface area contributed by atoms with Crippen molar-refractivity contribution >= 4 is 27.5 Å². The average Bonchev–Trinajstić information content (AvgIpc) is 2.43. The van der Waals surface area contributed by atoms with Crippen LogP contribution in [0.5, 0.6) is 17.2 Å². The predicted octanol–water partition coefficient (Wildman–Crippen LogP) is 5.27. The van der Waals surface area contributed by atoms with Gasteiger partial charge in [0.2, 0.25) is 0 Å². The Labute approximate surface area is 128 Å². The summed E-state index contributed by atoms with van der Waals surface area (Å²) in [6.45, 7) is 0. The van der Waals surface area contributed by atoms with Gasteiger partial charge in [0.05, 0.1) is 11.6 Å². The molecule has 0 atom stereocenters. The molecule has 0 fully saturated rings. The van der Waals surface area contributed by atoms with Crippen LogP contribution in [0.4, 0.5) is 8.78 Å². The zero-order valence-corrected chi connectivity index (χ0v) is 12.8. The number of halogens is 4. The Bertz CT molecular complexity index is 612. The van der Waals surface area contributed by atoms with Crippen LogP contribution in [0.2, 0.25) is 0 Å². The Morgan fingerprint density at radius 1 is 1.15 bits per heavy atom. The molecule has 0 N–H and O–H groups in total. The first-order valence-electron chi connectivity index (χ1n) is 5.60. The third-order valence-corrected chi connectivity index (χ3v) is 3.49. The van der Waals surface area contributed by atoms with E-state index in [9.17, 15) is 8.78 Å². The molecule has 0 aliphatic rings. The largest absolute Gasteiger partial charge is 0.497 e. The number of hydrogen-bond acceptors (Lipinski definition) is 2. The number of ether oxygens (including phenoxy) is 2. The Kier molecular flexibility index (Phi) is 4.83. The molecular weight excluding hydrogens is 354 g/mol. The quantitative estimate of drug-likeness (QED) is 0.689. The Morgan fingerprint density at radius 2 is 1.80 bits per heavy atom. The maximum Gasteiger partial charge on any atom is 0.198 e. The van der Waals surface area contributed by atoms with Gasteiger partial charge in [0.25, 0.3) is 0 Å². The molecule has 6 heteroatoms. The summed E-state index contributed by atoms with van der Waals surface area (Å²) in [5.41, 5.74) is 0.350. The smallest absolute Gasteiger partial charge is 0.198 e. The minimum absolute atomic E-state index is 0.0281. The van der Waals surface area contributed by atoms with Gasteiger partial charge < -0.3 is 9.47 Å². The summed E-state index contributed by atoms with van der Waals surface area (Å²) in [5.74, 6) is -1.17. The second kappa shape index (κ2) is 6.41. The molecule has 2 nitrogen and oxygen atoms in total. The first-order chi connectivity index (χ1) is 9.55. The molecule has 0 radical (unpaired) electrons. The van der Waals surface area contributed by atoms with Crippen molar-refractivity contribution in [2.24, 2.45) is 0 Å². The molecule has 0 saturated heterocycles. The highest BCUT2D eigenvalue weighted by Gasteiger charge is 2.15. The molecule has 0 unspecified atom stereocenters. The number of hydrogen-bond donors (Lipinski definition) is 0. The number of methoxy groups -OCH3 is 1. The van der Waals surface area contributed by atoms with Crippen LogP contribution in [0.15, 0.2) is 34.8 Å². The van der Waals surface area contributed by atoms with Crippen molar-refractivity contribution in [3.05, 3.63) is 52.0 Å². The molecule has 0 spiro atoms. The van der Waals surface area contributed by atoms with E-state index in [2.05, 4.69) is 15.9 Å². The molecule has 2 rings (SSSR count). The van der Waals surface area contributed by atoms with Crippen molar-refractivity contribution in [3.63, 3.8) is 0 Å². The lowest BCUT2D eigenvalue weighted by Crippen LogP contribution is -1.95. The van der Waals surface area contributed by atoms with Crippen molar-refractivity contribution < 1.29 is 18.3 Å². The van der Waals surface area contributed by atoms with Crippen LogP contribution in [0.3, 0.4) is 0 Å². The molecule has 2 aromatic carbocycles. The van der Waals surface area contributed by atoms with E-state index in [-0.39, 0.29) is 11.6 Å². The fourth-order valence-electron chi connectivity index (χ4n) is 1.59. The van der Waals surface area contributed by atoms with Gasteiger partial charge >= 0.3 is 0 Å². The van der Waals surface area contributed by atoms with Crippen LogP contribution in [0.25, 0.3) is 0 Å². The molecule has 0 heterocycles. The Hall–Kier alpha value is -1.33. The first kappa shape index (κ1) is 15.1. The van der Waals surface area contributed by atoms with Gasteiger partial charge in [-0.15, -0.1) is 11.6 Å². The molecule has 106 valence electrons. The van der Waals surface area contributed by atoms with E-state index in [4.69, 9.17) is 21.1 Å². The normalized spacial score (nSPS) is 10.4. The summed E-state index contributed by atoms with van der Waals surface area (Å²) >= 11 is 8.80. The van der Waals surface area contributed by atoms with Crippen LogP contribution in [0.1, 0.15) is 5.56 Å². The molecular formula is C14H10BrClF2O2. The molecule has 20 heavy (non-hydrogen) atoms. The van der Waals surface area contributed by atoms with Crippen molar-refractivity contribution in [3.8, 4) is 17.2 Å². The summed E-state index contributed by atoms with van der Waals surface area (Å²) in [4.78, 5) is 0. The third-order valence-electron chi connectivity index (χ3n) is 2.56. The zero-order valence-electron chi connectivity index (χ0n) is 10.4. The second-order valence-electron chi connectivity index (χ2n) is 3.92. The van der Waals surface area contributed by atoms with Gasteiger partial charge in [-0.1, -0.05) is 0 Å². The highest BCUT2D eigenvalue weighted by Crippen LogP contribution is 2.35. The van der Waals surface area contributed by atoms with Gasteiger partial charge in [-0.2, -0.15) is 0 Å². The standard InChI is InChI=1S/C14H10BrClF2O2/c1-19-9-2-3-13(10(15)6-9)20-14-11(17)4-8(7-16)5-12(14)18/h2-6H,7H2,1H3. The van der Waals surface area contributed by atoms with E-state index in [1.54, 1.807) is 18.2 Å². The van der Waals surface area contributed by atoms with E-state index < -0.39 is 17.4 Å². The maximum absolute atomic E-state index is 13.8. The van der Waals surface area contributed by atoms with E-state index in [1.807, 2.05) is 0 Å². The van der Waals surface area contributed by atoms with E-state index >= 15 is 0 Å². The third kappa shape index (κ3) is 3.22. The van der Waals surface area contributed by atoms with Crippen molar-refractivity contribution in [1.29, 1.82) is 0 Å². The van der Waals surface area contributed by atoms with Gasteiger partial charge in [-0.05, 0) is 51.8 Å². The fraction of sp³-hybridized carbons (Fsp3) is 0.143. The van der Waals surface area contributed by atoms with Gasteiger partial charge in [0, 0.05) is 5.88 Å². The molecule has 0 aliphatic heterocycles. The minimum atomic E-state index is -0.802. The van der Waals surface area contributed by atoms with Gasteiger partial charge in [-0.3, -0.25) is 0 Å². The zero-order chi connectivity index (χ0) is 14.7. The summed E-state index contributed by atoms with van der Waals surface area (Å²) in [6, 6.07) is 7.10. The lowest BCUT2D eigenvalue weighted by molar-refractivity contribution is 0.398. The predicted molar refractivity (Wildman–Crippen MR) is 76.7 cm³/mol. The van der Waals surface area contributed by atoms with Gasteiger partial charge in [0.15, 0.2) is 17.4 Å². The Morgan fingerprint density at radius 3 is 2.30 bits per heavy atom. The van der Waals surface area contributed by atoms with Gasteiger partial charge in [0.1, 0.15) is 11.5 Å². The second-order valence-corrected chi connectivity index (χ2v) is 5.04. The average molecular weight is 364 g/mol. The Balaban J connectivity index is 2.35. The molecule has 0 saturated carbocycles. The van der Waals surface area contributed by atoms with Gasteiger partial charge in [-0.25, -0.2) is 8.78 Å². The SMILES string of the molecule is COc1ccc(Oc2c(F)cc(CCl)cc2F)c(Br)c1. The van der Waals surface area contributed by atoms with Crippen molar-refractivity contribution in [2.45, 2.75) is 5.88 Å². The molecule has 0 bridgehead atoms. The topological polar surface area (TPSA) is 18.5 Å². The molecule has 0 aliphatic carbocycles. The van der Waals surface area contributed by atoms with Crippen LogP contribution in [-0.2, 0) is 5.88 Å². The fourth-order valence-corrected chi connectivity index (χ4v) is 2.18. The summed E-state index contributed by atoms with van der Waals surface area (Å²) in [7, 11) is 1.52. The maximum atomic E-state index is 13.8. The molecule has 0 aromatic heterocycles. The van der Waals surface area contributed by atoms with E-state index in [0.717, 1.165) is 12.1 Å². The van der Waals surface area contributed by atoms with Crippen LogP contribution < -0.4 is 9.47 Å². The summed E-state index contributed by atoms with van der Waals surface area (Å²) in [5, 5.41) is 0. The van der Waals surface area contributed by atoms with Crippen molar-refractivity contribution in [2.75, 3.05) is 7.11 Å². The number of alkyl halides is 1. The molecule has 2 aromatic rings. The lowest BCUT2D eigenvalue weighted by Gasteiger charge is -2.11. The van der Waals surface area contributed by atoms with Crippen molar-refractivity contribution in [1.82, 2.24) is 0 Å². The van der Waals surface area contributed by atoms with Crippen LogP contribution in [-0.4, -0.2) is 7.11 Å². The highest BCUT2D eigenvalue weighted by atomic mass is 79.9. The first-order valence-corrected chi connectivity index (χ1v) is 6.93. The minimum Gasteiger partial charge on any atom is -0.497 e. The highest BCUT2D eigenvalue weighted by molar-refractivity contribution is 9.10. The summed E-state index contributed by atoms with van der Waals surface area (Å²) < 4.78 is 38.4. The van der Waals surface area contributed by atoms with E-state index in [0.29, 0.717) is 15.8 Å². The van der Waals surface area contributed by atoms with E-state index in [1.165, 1.54) is 7.11 Å². The van der Waals surface area contributed by atoms with Crippen LogP contribution >= 0.6 is 27.5 Å².